The van der Waals surface area contributed by atoms with E-state index < -0.39 is 0 Å². The topological polar surface area (TPSA) is 41.6 Å². The van der Waals surface area contributed by atoms with E-state index in [4.69, 9.17) is 16.3 Å². The molecule has 1 N–H and O–H groups in total. The molecule has 0 heterocycles. The molecule has 0 aliphatic rings. The first kappa shape index (κ1) is 17.3. The number of carbonyl (C=O) groups excluding carboxylic acids is 1. The van der Waals surface area contributed by atoms with E-state index in [1.165, 1.54) is 0 Å². The highest BCUT2D eigenvalue weighted by molar-refractivity contribution is 9.10. The van der Waals surface area contributed by atoms with Crippen molar-refractivity contribution >= 4 is 33.4 Å². The molecule has 0 atom stereocenters. The van der Waals surface area contributed by atoms with Crippen LogP contribution < -0.4 is 10.1 Å². The Labute approximate surface area is 133 Å². The molecule has 4 nitrogen and oxygen atoms in total. The third-order valence-electron chi connectivity index (χ3n) is 2.90. The number of amides is 1. The number of carbonyl (C=O) groups is 1. The number of halogens is 2. The van der Waals surface area contributed by atoms with E-state index in [0.29, 0.717) is 17.3 Å². The van der Waals surface area contributed by atoms with Crippen molar-refractivity contribution in [3.63, 3.8) is 0 Å². The van der Waals surface area contributed by atoms with Crippen LogP contribution in [0.15, 0.2) is 22.7 Å². The standard InChI is InChI=1S/C14H20BrClN2O2/c1-3-18(4-2)8-7-17-14(19)10-20-13-6-5-11(16)9-12(13)15/h5-6,9H,3-4,7-8,10H2,1-2H3,(H,17,19). The van der Waals surface area contributed by atoms with E-state index >= 15 is 0 Å². The van der Waals surface area contributed by atoms with Gasteiger partial charge in [-0.1, -0.05) is 25.4 Å². The number of hydrogen-bond donors (Lipinski definition) is 1. The summed E-state index contributed by atoms with van der Waals surface area (Å²) in [4.78, 5) is 13.9. The monoisotopic (exact) mass is 362 g/mol. The average Bonchev–Trinajstić information content (AvgIpc) is 2.42. The van der Waals surface area contributed by atoms with Crippen molar-refractivity contribution in [2.45, 2.75) is 13.8 Å². The minimum absolute atomic E-state index is 0.00151. The fourth-order valence-electron chi connectivity index (χ4n) is 1.68. The molecule has 0 radical (unpaired) electrons. The first-order valence-electron chi connectivity index (χ1n) is 6.63. The Morgan fingerprint density at radius 2 is 2.10 bits per heavy atom. The molecular weight excluding hydrogens is 344 g/mol. The first-order chi connectivity index (χ1) is 9.56. The Morgan fingerprint density at radius 3 is 2.70 bits per heavy atom. The molecule has 0 spiro atoms. The van der Waals surface area contributed by atoms with Gasteiger partial charge in [0.1, 0.15) is 5.75 Å². The summed E-state index contributed by atoms with van der Waals surface area (Å²) in [6.45, 7) is 7.66. The van der Waals surface area contributed by atoms with E-state index in [1.54, 1.807) is 18.2 Å². The molecule has 1 aromatic carbocycles. The van der Waals surface area contributed by atoms with Crippen LogP contribution in [0.3, 0.4) is 0 Å². The fourth-order valence-corrected chi connectivity index (χ4v) is 2.48. The van der Waals surface area contributed by atoms with Crippen LogP contribution in [0.25, 0.3) is 0 Å². The largest absolute Gasteiger partial charge is 0.483 e. The second-order valence-corrected chi connectivity index (χ2v) is 5.53. The smallest absolute Gasteiger partial charge is 0.257 e. The van der Waals surface area contributed by atoms with Crippen LogP contribution in [0.4, 0.5) is 0 Å². The van der Waals surface area contributed by atoms with Crippen LogP contribution in [-0.2, 0) is 4.79 Å². The number of nitrogens with one attached hydrogen (secondary N) is 1. The molecule has 20 heavy (non-hydrogen) atoms. The van der Waals surface area contributed by atoms with E-state index in [-0.39, 0.29) is 12.5 Å². The van der Waals surface area contributed by atoms with Gasteiger partial charge in [0.15, 0.2) is 6.61 Å². The van der Waals surface area contributed by atoms with Gasteiger partial charge in [0, 0.05) is 18.1 Å². The van der Waals surface area contributed by atoms with E-state index in [2.05, 4.69) is 40.0 Å². The van der Waals surface area contributed by atoms with Crippen molar-refractivity contribution < 1.29 is 9.53 Å². The van der Waals surface area contributed by atoms with E-state index in [1.807, 2.05) is 0 Å². The summed E-state index contributed by atoms with van der Waals surface area (Å²) in [5, 5.41) is 3.45. The second kappa shape index (κ2) is 9.21. The Morgan fingerprint density at radius 1 is 1.40 bits per heavy atom. The summed E-state index contributed by atoms with van der Waals surface area (Å²) >= 11 is 9.18. The van der Waals surface area contributed by atoms with Crippen molar-refractivity contribution in [2.24, 2.45) is 0 Å². The first-order valence-corrected chi connectivity index (χ1v) is 7.80. The highest BCUT2D eigenvalue weighted by Gasteiger charge is 2.06. The molecule has 1 rings (SSSR count). The number of hydrogen-bond acceptors (Lipinski definition) is 3. The number of likely N-dealkylation sites (N-methyl/N-ethyl adjacent to an activating group) is 1. The lowest BCUT2D eigenvalue weighted by atomic mass is 10.3. The number of rotatable bonds is 8. The maximum Gasteiger partial charge on any atom is 0.257 e. The predicted octanol–water partition coefficient (Wildman–Crippen LogP) is 2.94. The summed E-state index contributed by atoms with van der Waals surface area (Å²) in [7, 11) is 0. The van der Waals surface area contributed by atoms with E-state index in [9.17, 15) is 4.79 Å². The third-order valence-corrected chi connectivity index (χ3v) is 3.75. The van der Waals surface area contributed by atoms with Crippen LogP contribution in [-0.4, -0.2) is 43.6 Å². The fraction of sp³-hybridized carbons (Fsp3) is 0.500. The lowest BCUT2D eigenvalue weighted by Crippen LogP contribution is -2.36. The molecule has 0 saturated heterocycles. The summed E-state index contributed by atoms with van der Waals surface area (Å²) in [6.07, 6.45) is 0. The third kappa shape index (κ3) is 6.11. The van der Waals surface area contributed by atoms with Gasteiger partial charge in [-0.2, -0.15) is 0 Å². The van der Waals surface area contributed by atoms with Crippen molar-refractivity contribution in [3.05, 3.63) is 27.7 Å². The highest BCUT2D eigenvalue weighted by atomic mass is 79.9. The molecular formula is C14H20BrClN2O2. The molecule has 0 saturated carbocycles. The Bertz CT molecular complexity index is 439. The van der Waals surface area contributed by atoms with Gasteiger partial charge in [0.25, 0.3) is 5.91 Å². The number of benzene rings is 1. The van der Waals surface area contributed by atoms with Gasteiger partial charge in [-0.25, -0.2) is 0 Å². The molecule has 0 bridgehead atoms. The summed E-state index contributed by atoms with van der Waals surface area (Å²) in [5.74, 6) is 0.479. The normalized spacial score (nSPS) is 10.7. The van der Waals surface area contributed by atoms with Gasteiger partial charge in [-0.05, 0) is 47.2 Å². The molecule has 0 aliphatic heterocycles. The zero-order chi connectivity index (χ0) is 15.0. The van der Waals surface area contributed by atoms with Crippen molar-refractivity contribution in [1.82, 2.24) is 10.2 Å². The summed E-state index contributed by atoms with van der Waals surface area (Å²) in [5.41, 5.74) is 0. The quantitative estimate of drug-likeness (QED) is 0.772. The molecule has 0 aromatic heterocycles. The second-order valence-electron chi connectivity index (χ2n) is 4.24. The summed E-state index contributed by atoms with van der Waals surface area (Å²) < 4.78 is 6.17. The zero-order valence-corrected chi connectivity index (χ0v) is 14.1. The molecule has 1 aromatic rings. The SMILES string of the molecule is CCN(CC)CCNC(=O)COc1ccc(Cl)cc1Br. The van der Waals surface area contributed by atoms with E-state index in [0.717, 1.165) is 24.1 Å². The molecule has 112 valence electrons. The van der Waals surface area contributed by atoms with Gasteiger partial charge in [0.2, 0.25) is 0 Å². The minimum Gasteiger partial charge on any atom is -0.483 e. The Hall–Kier alpha value is -0.780. The van der Waals surface area contributed by atoms with Crippen LogP contribution in [0.2, 0.25) is 5.02 Å². The lowest BCUT2D eigenvalue weighted by molar-refractivity contribution is -0.123. The Balaban J connectivity index is 2.29. The van der Waals surface area contributed by atoms with Crippen molar-refractivity contribution in [2.75, 3.05) is 32.8 Å². The van der Waals surface area contributed by atoms with Crippen LogP contribution in [0, 0.1) is 0 Å². The van der Waals surface area contributed by atoms with Gasteiger partial charge < -0.3 is 15.0 Å². The highest BCUT2D eigenvalue weighted by Crippen LogP contribution is 2.27. The van der Waals surface area contributed by atoms with Crippen molar-refractivity contribution in [3.8, 4) is 5.75 Å². The van der Waals surface area contributed by atoms with Crippen LogP contribution in [0.5, 0.6) is 5.75 Å². The molecule has 1 amide bonds. The number of nitrogens with zero attached hydrogens (tertiary/aromatic N) is 1. The predicted molar refractivity (Wildman–Crippen MR) is 85.4 cm³/mol. The van der Waals surface area contributed by atoms with Gasteiger partial charge >= 0.3 is 0 Å². The van der Waals surface area contributed by atoms with Crippen molar-refractivity contribution in [1.29, 1.82) is 0 Å². The molecule has 0 aliphatic carbocycles. The number of ether oxygens (including phenoxy) is 1. The average molecular weight is 364 g/mol. The minimum atomic E-state index is -0.126. The zero-order valence-electron chi connectivity index (χ0n) is 11.8. The van der Waals surface area contributed by atoms with Gasteiger partial charge in [-0.3, -0.25) is 4.79 Å². The molecule has 6 heteroatoms. The van der Waals surface area contributed by atoms with Crippen LogP contribution in [0.1, 0.15) is 13.8 Å². The van der Waals surface area contributed by atoms with Crippen LogP contribution >= 0.6 is 27.5 Å². The summed E-state index contributed by atoms with van der Waals surface area (Å²) in [6, 6.07) is 5.19. The van der Waals surface area contributed by atoms with Gasteiger partial charge in [-0.15, -0.1) is 0 Å². The maximum absolute atomic E-state index is 11.7. The molecule has 0 fully saturated rings. The maximum atomic E-state index is 11.7. The Kier molecular flexibility index (Phi) is 7.95. The molecule has 0 unspecified atom stereocenters. The lowest BCUT2D eigenvalue weighted by Gasteiger charge is -2.18. The van der Waals surface area contributed by atoms with Gasteiger partial charge in [0.05, 0.1) is 4.47 Å².